The van der Waals surface area contributed by atoms with E-state index < -0.39 is 0 Å². The maximum atomic E-state index is 6.09. The summed E-state index contributed by atoms with van der Waals surface area (Å²) in [5, 5.41) is 5.18. The van der Waals surface area contributed by atoms with E-state index in [0.29, 0.717) is 11.3 Å². The average molecular weight is 310 g/mol. The third kappa shape index (κ3) is 2.51. The zero-order chi connectivity index (χ0) is 14.1. The fourth-order valence-corrected chi connectivity index (χ4v) is 4.47. The van der Waals surface area contributed by atoms with Gasteiger partial charge in [0.15, 0.2) is 0 Å². The summed E-state index contributed by atoms with van der Waals surface area (Å²) in [6, 6.07) is 0.464. The molecule has 0 aliphatic heterocycles. The predicted molar refractivity (Wildman–Crippen MR) is 87.1 cm³/mol. The fraction of sp³-hybridized carbons (Fsp3) is 0.600. The lowest BCUT2D eigenvalue weighted by Gasteiger charge is -2.17. The van der Waals surface area contributed by atoms with Crippen LogP contribution in [0.1, 0.15) is 50.0 Å². The standard InChI is InChI=1S/C15H20ClN3S/c1-3-6-9(4-2)17-13-12-10-7-5-8-11(10)20-14(12)19-15(16)18-13/h9H,3-8H2,1-2H3,(H,17,18,19). The molecule has 0 radical (unpaired) electrons. The quantitative estimate of drug-likeness (QED) is 0.804. The van der Waals surface area contributed by atoms with Crippen molar-refractivity contribution in [2.45, 2.75) is 58.4 Å². The summed E-state index contributed by atoms with van der Waals surface area (Å²) in [6.45, 7) is 4.43. The second-order valence-electron chi connectivity index (χ2n) is 5.42. The number of aryl methyl sites for hydroxylation is 2. The van der Waals surface area contributed by atoms with Crippen LogP contribution in [0.4, 0.5) is 5.82 Å². The zero-order valence-electron chi connectivity index (χ0n) is 12.0. The Labute approximate surface area is 128 Å². The van der Waals surface area contributed by atoms with Crippen molar-refractivity contribution in [3.63, 3.8) is 0 Å². The molecule has 3 rings (SSSR count). The minimum atomic E-state index is 0.353. The number of halogens is 1. The SMILES string of the molecule is CCCC(CC)Nc1nc(Cl)nc2sc3c(c12)CCC3. The number of thiophene rings is 1. The van der Waals surface area contributed by atoms with Gasteiger partial charge in [0.05, 0.1) is 5.39 Å². The summed E-state index contributed by atoms with van der Waals surface area (Å²) >= 11 is 7.88. The molecule has 2 heterocycles. The number of nitrogens with one attached hydrogen (secondary N) is 1. The first-order valence-electron chi connectivity index (χ1n) is 7.47. The van der Waals surface area contributed by atoms with E-state index in [1.807, 2.05) is 0 Å². The van der Waals surface area contributed by atoms with Crippen LogP contribution in [-0.2, 0) is 12.8 Å². The van der Waals surface area contributed by atoms with E-state index in [4.69, 9.17) is 11.6 Å². The molecule has 2 aromatic heterocycles. The predicted octanol–water partition coefficient (Wildman–Crippen LogP) is 4.82. The van der Waals surface area contributed by atoms with Gasteiger partial charge in [-0.2, -0.15) is 0 Å². The Morgan fingerprint density at radius 2 is 2.15 bits per heavy atom. The molecule has 0 spiro atoms. The first-order chi connectivity index (χ1) is 9.72. The van der Waals surface area contributed by atoms with Crippen molar-refractivity contribution in [3.8, 4) is 0 Å². The van der Waals surface area contributed by atoms with E-state index in [9.17, 15) is 0 Å². The number of nitrogens with zero attached hydrogens (tertiary/aromatic N) is 2. The molecule has 2 aromatic rings. The molecule has 1 aliphatic rings. The van der Waals surface area contributed by atoms with E-state index in [-0.39, 0.29) is 0 Å². The molecule has 108 valence electrons. The molecule has 0 saturated carbocycles. The highest BCUT2D eigenvalue weighted by atomic mass is 35.5. The summed E-state index contributed by atoms with van der Waals surface area (Å²) in [5.74, 6) is 0.944. The Kier molecular flexibility index (Phi) is 4.13. The van der Waals surface area contributed by atoms with Gasteiger partial charge in [0, 0.05) is 10.9 Å². The van der Waals surface area contributed by atoms with Crippen LogP contribution in [0.3, 0.4) is 0 Å². The maximum Gasteiger partial charge on any atom is 0.225 e. The molecular formula is C15H20ClN3S. The van der Waals surface area contributed by atoms with E-state index in [1.54, 1.807) is 11.3 Å². The van der Waals surface area contributed by atoms with Crippen molar-refractivity contribution in [1.29, 1.82) is 0 Å². The van der Waals surface area contributed by atoms with Crippen LogP contribution >= 0.6 is 22.9 Å². The molecule has 1 unspecified atom stereocenters. The van der Waals surface area contributed by atoms with Crippen LogP contribution in [0.2, 0.25) is 5.28 Å². The van der Waals surface area contributed by atoms with E-state index in [0.717, 1.165) is 29.9 Å². The molecule has 1 aliphatic carbocycles. The number of aromatic nitrogens is 2. The second kappa shape index (κ2) is 5.86. The third-order valence-electron chi connectivity index (χ3n) is 4.01. The lowest BCUT2D eigenvalue weighted by molar-refractivity contribution is 0.621. The minimum Gasteiger partial charge on any atom is -0.367 e. The minimum absolute atomic E-state index is 0.353. The summed E-state index contributed by atoms with van der Waals surface area (Å²) in [6.07, 6.45) is 7.02. The first-order valence-corrected chi connectivity index (χ1v) is 8.66. The van der Waals surface area contributed by atoms with Crippen molar-refractivity contribution < 1.29 is 0 Å². The highest BCUT2D eigenvalue weighted by Crippen LogP contribution is 2.40. The lowest BCUT2D eigenvalue weighted by Crippen LogP contribution is -2.19. The fourth-order valence-electron chi connectivity index (χ4n) is 2.99. The maximum absolute atomic E-state index is 6.09. The third-order valence-corrected chi connectivity index (χ3v) is 5.36. The average Bonchev–Trinajstić information content (AvgIpc) is 2.97. The number of rotatable bonds is 5. The first kappa shape index (κ1) is 14.1. The van der Waals surface area contributed by atoms with E-state index in [2.05, 4.69) is 29.1 Å². The van der Waals surface area contributed by atoms with Crippen LogP contribution in [0.15, 0.2) is 0 Å². The molecule has 3 nitrogen and oxygen atoms in total. The Morgan fingerprint density at radius 1 is 1.30 bits per heavy atom. The summed E-state index contributed by atoms with van der Waals surface area (Å²) in [4.78, 5) is 11.4. The molecule has 0 saturated heterocycles. The molecule has 0 bridgehead atoms. The van der Waals surface area contributed by atoms with Crippen molar-refractivity contribution in [2.75, 3.05) is 5.32 Å². The number of hydrogen-bond donors (Lipinski definition) is 1. The van der Waals surface area contributed by atoms with Crippen molar-refractivity contribution in [1.82, 2.24) is 9.97 Å². The van der Waals surface area contributed by atoms with Crippen LogP contribution < -0.4 is 5.32 Å². The highest BCUT2D eigenvalue weighted by Gasteiger charge is 2.22. The molecule has 5 heteroatoms. The second-order valence-corrected chi connectivity index (χ2v) is 6.84. The summed E-state index contributed by atoms with van der Waals surface area (Å²) in [7, 11) is 0. The van der Waals surface area contributed by atoms with Crippen molar-refractivity contribution >= 4 is 39.0 Å². The van der Waals surface area contributed by atoms with Gasteiger partial charge in [-0.1, -0.05) is 20.3 Å². The van der Waals surface area contributed by atoms with Crippen LogP contribution in [0.5, 0.6) is 0 Å². The monoisotopic (exact) mass is 309 g/mol. The summed E-state index contributed by atoms with van der Waals surface area (Å²) in [5.41, 5.74) is 1.45. The molecular weight excluding hydrogens is 290 g/mol. The highest BCUT2D eigenvalue weighted by molar-refractivity contribution is 7.19. The van der Waals surface area contributed by atoms with Gasteiger partial charge in [0.2, 0.25) is 5.28 Å². The van der Waals surface area contributed by atoms with Gasteiger partial charge in [-0.05, 0) is 49.3 Å². The molecule has 0 fully saturated rings. The van der Waals surface area contributed by atoms with Crippen LogP contribution in [-0.4, -0.2) is 16.0 Å². The Morgan fingerprint density at radius 3 is 2.90 bits per heavy atom. The van der Waals surface area contributed by atoms with E-state index in [1.165, 1.54) is 35.1 Å². The normalized spacial score (nSPS) is 15.6. The van der Waals surface area contributed by atoms with Gasteiger partial charge in [-0.3, -0.25) is 0 Å². The number of hydrogen-bond acceptors (Lipinski definition) is 4. The molecule has 1 N–H and O–H groups in total. The number of fused-ring (bicyclic) bond motifs is 3. The molecule has 1 atom stereocenters. The van der Waals surface area contributed by atoms with Gasteiger partial charge in [0.25, 0.3) is 0 Å². The molecule has 20 heavy (non-hydrogen) atoms. The summed E-state index contributed by atoms with van der Waals surface area (Å²) < 4.78 is 0. The van der Waals surface area contributed by atoms with Crippen LogP contribution in [0.25, 0.3) is 10.2 Å². The van der Waals surface area contributed by atoms with Crippen molar-refractivity contribution in [2.24, 2.45) is 0 Å². The lowest BCUT2D eigenvalue weighted by atomic mass is 10.1. The van der Waals surface area contributed by atoms with E-state index >= 15 is 0 Å². The molecule has 0 aromatic carbocycles. The largest absolute Gasteiger partial charge is 0.367 e. The van der Waals surface area contributed by atoms with Gasteiger partial charge < -0.3 is 5.32 Å². The number of anilines is 1. The van der Waals surface area contributed by atoms with Gasteiger partial charge in [-0.15, -0.1) is 11.3 Å². The van der Waals surface area contributed by atoms with Crippen LogP contribution in [0, 0.1) is 0 Å². The van der Waals surface area contributed by atoms with Crippen molar-refractivity contribution in [3.05, 3.63) is 15.7 Å². The Hall–Kier alpha value is -0.870. The van der Waals surface area contributed by atoms with Gasteiger partial charge >= 0.3 is 0 Å². The van der Waals surface area contributed by atoms with Gasteiger partial charge in [-0.25, -0.2) is 9.97 Å². The Bertz CT molecular complexity index is 623. The topological polar surface area (TPSA) is 37.8 Å². The molecule has 0 amide bonds. The zero-order valence-corrected chi connectivity index (χ0v) is 13.6. The van der Waals surface area contributed by atoms with Gasteiger partial charge in [0.1, 0.15) is 10.6 Å². The smallest absolute Gasteiger partial charge is 0.225 e. The Balaban J connectivity index is 2.04.